The van der Waals surface area contributed by atoms with Crippen LogP contribution in [0.2, 0.25) is 0 Å². The average Bonchev–Trinajstić information content (AvgIpc) is 3.11. The van der Waals surface area contributed by atoms with Crippen LogP contribution in [-0.4, -0.2) is 22.6 Å². The number of aryl methyl sites for hydroxylation is 1. The molecule has 1 aliphatic carbocycles. The molecule has 0 bridgehead atoms. The summed E-state index contributed by atoms with van der Waals surface area (Å²) < 4.78 is 1.16. The summed E-state index contributed by atoms with van der Waals surface area (Å²) in [5.74, 6) is 1.64. The molecule has 3 rings (SSSR count). The van der Waals surface area contributed by atoms with Crippen molar-refractivity contribution < 1.29 is 0 Å². The summed E-state index contributed by atoms with van der Waals surface area (Å²) in [7, 11) is 0. The third-order valence-electron chi connectivity index (χ3n) is 2.92. The van der Waals surface area contributed by atoms with Gasteiger partial charge < -0.3 is 10.6 Å². The number of hydrogen-bond acceptors (Lipinski definition) is 5. The number of hydrogen-bond donors (Lipinski definition) is 2. The Hall–Kier alpha value is -1.62. The predicted molar refractivity (Wildman–Crippen MR) is 77.5 cm³/mol. The molecular weight excluding hydrogens is 244 g/mol. The van der Waals surface area contributed by atoms with E-state index in [4.69, 9.17) is 0 Å². The van der Waals surface area contributed by atoms with E-state index in [1.807, 2.05) is 6.08 Å². The fourth-order valence-corrected chi connectivity index (χ4v) is 2.73. The molecule has 0 amide bonds. The highest BCUT2D eigenvalue weighted by atomic mass is 32.1. The molecule has 1 saturated carbocycles. The zero-order chi connectivity index (χ0) is 12.5. The van der Waals surface area contributed by atoms with Gasteiger partial charge in [-0.05, 0) is 30.7 Å². The Morgan fingerprint density at radius 2 is 2.33 bits per heavy atom. The number of thiophene rings is 1. The summed E-state index contributed by atoms with van der Waals surface area (Å²) in [5, 5.41) is 8.78. The van der Waals surface area contributed by atoms with Crippen molar-refractivity contribution in [1.82, 2.24) is 9.97 Å². The molecule has 4 nitrogen and oxygen atoms in total. The van der Waals surface area contributed by atoms with Crippen LogP contribution < -0.4 is 10.6 Å². The van der Waals surface area contributed by atoms with Gasteiger partial charge in [-0.25, -0.2) is 4.98 Å². The van der Waals surface area contributed by atoms with Crippen LogP contribution in [0.5, 0.6) is 0 Å². The third kappa shape index (κ3) is 2.18. The minimum absolute atomic E-state index is 0.595. The number of fused-ring (bicyclic) bond motifs is 1. The van der Waals surface area contributed by atoms with Crippen molar-refractivity contribution >= 4 is 33.3 Å². The fraction of sp³-hybridized carbons (Fsp3) is 0.385. The van der Waals surface area contributed by atoms with Gasteiger partial charge in [-0.2, -0.15) is 4.98 Å². The van der Waals surface area contributed by atoms with Gasteiger partial charge in [-0.1, -0.05) is 6.08 Å². The first-order chi connectivity index (χ1) is 8.78. The van der Waals surface area contributed by atoms with Crippen LogP contribution in [0.25, 0.3) is 10.2 Å². The van der Waals surface area contributed by atoms with Gasteiger partial charge in [0.05, 0.1) is 10.2 Å². The standard InChI is InChI=1S/C13H16N4S/c1-3-6-14-13-16-10-8(2)7-18-11(10)12(17-13)15-9-4-5-9/h3,7,9H,1,4-6H2,2H3,(H2,14,15,16,17). The molecule has 0 aromatic carbocycles. The first kappa shape index (κ1) is 11.5. The van der Waals surface area contributed by atoms with Crippen molar-refractivity contribution in [2.45, 2.75) is 25.8 Å². The molecule has 94 valence electrons. The summed E-state index contributed by atoms with van der Waals surface area (Å²) >= 11 is 1.71. The molecule has 2 heterocycles. The first-order valence-electron chi connectivity index (χ1n) is 6.15. The Morgan fingerprint density at radius 1 is 1.50 bits per heavy atom. The van der Waals surface area contributed by atoms with E-state index in [-0.39, 0.29) is 0 Å². The van der Waals surface area contributed by atoms with Gasteiger partial charge >= 0.3 is 0 Å². The molecule has 1 fully saturated rings. The van der Waals surface area contributed by atoms with E-state index in [0.29, 0.717) is 18.5 Å². The average molecular weight is 260 g/mol. The Kier molecular flexibility index (Phi) is 2.91. The Morgan fingerprint density at radius 3 is 3.06 bits per heavy atom. The highest BCUT2D eigenvalue weighted by Crippen LogP contribution is 2.33. The highest BCUT2D eigenvalue weighted by molar-refractivity contribution is 7.18. The summed E-state index contributed by atoms with van der Waals surface area (Å²) in [6, 6.07) is 0.595. The van der Waals surface area contributed by atoms with E-state index in [1.165, 1.54) is 18.4 Å². The van der Waals surface area contributed by atoms with Crippen LogP contribution in [0.3, 0.4) is 0 Å². The van der Waals surface area contributed by atoms with Gasteiger partial charge in [-0.3, -0.25) is 0 Å². The zero-order valence-electron chi connectivity index (χ0n) is 10.4. The largest absolute Gasteiger partial charge is 0.366 e. The first-order valence-corrected chi connectivity index (χ1v) is 7.03. The maximum Gasteiger partial charge on any atom is 0.225 e. The normalized spacial score (nSPS) is 14.7. The summed E-state index contributed by atoms with van der Waals surface area (Å²) in [4.78, 5) is 9.12. The molecule has 2 N–H and O–H groups in total. The van der Waals surface area contributed by atoms with Gasteiger partial charge in [0.15, 0.2) is 0 Å². The highest BCUT2D eigenvalue weighted by Gasteiger charge is 2.23. The third-order valence-corrected chi connectivity index (χ3v) is 4.01. The van der Waals surface area contributed by atoms with Crippen molar-refractivity contribution in [2.24, 2.45) is 0 Å². The lowest BCUT2D eigenvalue weighted by atomic mass is 10.3. The number of nitrogens with one attached hydrogen (secondary N) is 2. The summed E-state index contributed by atoms with van der Waals surface area (Å²) in [6.45, 7) is 6.46. The zero-order valence-corrected chi connectivity index (χ0v) is 11.2. The lowest BCUT2D eigenvalue weighted by Crippen LogP contribution is -2.08. The van der Waals surface area contributed by atoms with Gasteiger partial charge in [0, 0.05) is 12.6 Å². The molecule has 2 aromatic heterocycles. The Labute approximate surface area is 110 Å². The summed E-state index contributed by atoms with van der Waals surface area (Å²) in [5.41, 5.74) is 2.25. The maximum atomic E-state index is 4.56. The Balaban J connectivity index is 2.02. The predicted octanol–water partition coefficient (Wildman–Crippen LogP) is 3.17. The van der Waals surface area contributed by atoms with Crippen molar-refractivity contribution in [3.05, 3.63) is 23.6 Å². The van der Waals surface area contributed by atoms with E-state index in [9.17, 15) is 0 Å². The van der Waals surface area contributed by atoms with Crippen molar-refractivity contribution in [3.8, 4) is 0 Å². The summed E-state index contributed by atoms with van der Waals surface area (Å²) in [6.07, 6.45) is 4.29. The number of aromatic nitrogens is 2. The topological polar surface area (TPSA) is 49.8 Å². The number of nitrogens with zero attached hydrogens (tertiary/aromatic N) is 2. The lowest BCUT2D eigenvalue weighted by Gasteiger charge is -2.08. The molecule has 0 saturated heterocycles. The van der Waals surface area contributed by atoms with Gasteiger partial charge in [-0.15, -0.1) is 17.9 Å². The fourth-order valence-electron chi connectivity index (χ4n) is 1.79. The Bertz CT molecular complexity index is 586. The van der Waals surface area contributed by atoms with Crippen LogP contribution >= 0.6 is 11.3 Å². The van der Waals surface area contributed by atoms with E-state index >= 15 is 0 Å². The SMILES string of the molecule is C=CCNc1nc(NC2CC2)c2scc(C)c2n1. The van der Waals surface area contributed by atoms with Crippen LogP contribution in [0, 0.1) is 6.92 Å². The van der Waals surface area contributed by atoms with Crippen LogP contribution in [0.15, 0.2) is 18.0 Å². The molecule has 0 aliphatic heterocycles. The number of rotatable bonds is 5. The molecule has 5 heteroatoms. The van der Waals surface area contributed by atoms with Crippen molar-refractivity contribution in [2.75, 3.05) is 17.2 Å². The second-order valence-electron chi connectivity index (χ2n) is 4.58. The molecule has 1 aliphatic rings. The van der Waals surface area contributed by atoms with Crippen LogP contribution in [0.1, 0.15) is 18.4 Å². The van der Waals surface area contributed by atoms with E-state index < -0.39 is 0 Å². The van der Waals surface area contributed by atoms with Crippen molar-refractivity contribution in [3.63, 3.8) is 0 Å². The van der Waals surface area contributed by atoms with E-state index in [2.05, 4.69) is 39.5 Å². The van der Waals surface area contributed by atoms with Gasteiger partial charge in [0.1, 0.15) is 5.82 Å². The molecule has 0 atom stereocenters. The molecule has 0 unspecified atom stereocenters. The minimum atomic E-state index is 0.595. The van der Waals surface area contributed by atoms with Crippen molar-refractivity contribution in [1.29, 1.82) is 0 Å². The van der Waals surface area contributed by atoms with Gasteiger partial charge in [0.2, 0.25) is 5.95 Å². The minimum Gasteiger partial charge on any atom is -0.366 e. The molecule has 0 spiro atoms. The molecule has 2 aromatic rings. The van der Waals surface area contributed by atoms with E-state index in [1.54, 1.807) is 11.3 Å². The monoisotopic (exact) mass is 260 g/mol. The second-order valence-corrected chi connectivity index (χ2v) is 5.46. The molecule has 18 heavy (non-hydrogen) atoms. The van der Waals surface area contributed by atoms with Crippen LogP contribution in [-0.2, 0) is 0 Å². The number of anilines is 2. The van der Waals surface area contributed by atoms with Gasteiger partial charge in [0.25, 0.3) is 0 Å². The smallest absolute Gasteiger partial charge is 0.225 e. The quantitative estimate of drug-likeness (QED) is 0.811. The van der Waals surface area contributed by atoms with E-state index in [0.717, 1.165) is 16.0 Å². The molecular formula is C13H16N4S. The lowest BCUT2D eigenvalue weighted by molar-refractivity contribution is 1.09. The van der Waals surface area contributed by atoms with Crippen LogP contribution in [0.4, 0.5) is 11.8 Å². The molecule has 0 radical (unpaired) electrons. The maximum absolute atomic E-state index is 4.56. The second kappa shape index (κ2) is 4.57.